The zero-order chi connectivity index (χ0) is 26.4. The Balaban J connectivity index is 2.64. The van der Waals surface area contributed by atoms with Gasteiger partial charge in [0.05, 0.1) is 13.1 Å². The van der Waals surface area contributed by atoms with Crippen LogP contribution in [0.3, 0.4) is 0 Å². The lowest BCUT2D eigenvalue weighted by molar-refractivity contribution is -0.125. The first kappa shape index (κ1) is 32.2. The molecule has 0 radical (unpaired) electrons. The highest BCUT2D eigenvalue weighted by Gasteiger charge is 2.44. The molecule has 0 aromatic heterocycles. The van der Waals surface area contributed by atoms with E-state index in [1.807, 2.05) is 0 Å². The number of hydrogen-bond donors (Lipinski definition) is 11. The van der Waals surface area contributed by atoms with Crippen molar-refractivity contribution in [3.05, 3.63) is 0 Å². The van der Waals surface area contributed by atoms with Gasteiger partial charge in [0.25, 0.3) is 0 Å². The van der Waals surface area contributed by atoms with Gasteiger partial charge in [0.2, 0.25) is 11.8 Å². The Hall–Kier alpha value is -0.849. The monoisotopic (exact) mass is 559 g/mol. The predicted octanol–water partition coefficient (Wildman–Crippen LogP) is -5.34. The van der Waals surface area contributed by atoms with E-state index < -0.39 is 26.4 Å². The van der Waals surface area contributed by atoms with Gasteiger partial charge in [0, 0.05) is 44.3 Å². The second kappa shape index (κ2) is 16.1. The Kier molecular flexibility index (Phi) is 14.8. The second-order valence-corrected chi connectivity index (χ2v) is 15.4. The van der Waals surface area contributed by atoms with Gasteiger partial charge < -0.3 is 59.0 Å². The van der Waals surface area contributed by atoms with E-state index in [1.54, 1.807) is 4.90 Å². The van der Waals surface area contributed by atoms with Crippen LogP contribution in [0.5, 0.6) is 0 Å². The lowest BCUT2D eigenvalue weighted by Gasteiger charge is -2.26. The smallest absolute Gasteiger partial charge is 0.390 e. The Morgan fingerprint density at radius 1 is 0.771 bits per heavy atom. The summed E-state index contributed by atoms with van der Waals surface area (Å²) in [6, 6.07) is -0.410. The Bertz CT molecular complexity index is 600. The van der Waals surface area contributed by atoms with Crippen LogP contribution in [-0.2, 0) is 13.7 Å². The summed E-state index contributed by atoms with van der Waals surface area (Å²) in [4.78, 5) is 93.7. The molecule has 1 aliphatic heterocycles. The van der Waals surface area contributed by atoms with Crippen LogP contribution in [0.1, 0.15) is 19.3 Å². The molecule has 1 rings (SSSR count). The molecule has 0 aromatic rings. The number of carbonyl (C=O) groups is 2. The Morgan fingerprint density at radius 2 is 1.23 bits per heavy atom. The molecule has 0 spiro atoms. The number of nitrogens with one attached hydrogen (secondary N) is 4. The molecule has 15 nitrogen and oxygen atoms in total. The number of rotatable bonds is 4. The third kappa shape index (κ3) is 18.1. The minimum Gasteiger partial charge on any atom is -0.390 e. The molecule has 11 N–H and O–H groups in total. The van der Waals surface area contributed by atoms with E-state index in [4.69, 9.17) is 4.12 Å². The van der Waals surface area contributed by atoms with E-state index in [2.05, 4.69) is 21.3 Å². The maximum absolute atomic E-state index is 12.3. The zero-order valence-electron chi connectivity index (χ0n) is 19.9. The Labute approximate surface area is 208 Å². The molecule has 2 amide bonds. The van der Waals surface area contributed by atoms with Crippen LogP contribution in [0.25, 0.3) is 0 Å². The summed E-state index contributed by atoms with van der Waals surface area (Å²) in [5.74, 6) is -0.664. The van der Waals surface area contributed by atoms with Gasteiger partial charge in [-0.25, -0.2) is 0 Å². The van der Waals surface area contributed by atoms with Crippen molar-refractivity contribution in [3.63, 3.8) is 0 Å². The summed E-state index contributed by atoms with van der Waals surface area (Å²) in [7, 11) is -12.6. The largest absolute Gasteiger partial charge is 0.492 e. The number of hydrogen-bond acceptors (Lipinski definition) is 13. The predicted molar refractivity (Wildman–Crippen MR) is 130 cm³/mol. The normalized spacial score (nSPS) is 23.4. The molecule has 0 atom stereocenters. The fraction of sp³-hybridized carbons (Fsp3) is 0.882. The van der Waals surface area contributed by atoms with Gasteiger partial charge in [0.15, 0.2) is 0 Å². The van der Waals surface area contributed by atoms with Gasteiger partial charge in [-0.15, -0.1) is 0 Å². The van der Waals surface area contributed by atoms with Crippen molar-refractivity contribution in [1.29, 1.82) is 0 Å². The molecule has 1 aliphatic rings. The molecule has 1 saturated heterocycles. The molecule has 18 heteroatoms. The van der Waals surface area contributed by atoms with Crippen molar-refractivity contribution in [1.82, 2.24) is 26.2 Å². The van der Waals surface area contributed by atoms with E-state index in [9.17, 15) is 43.2 Å². The maximum atomic E-state index is 12.3. The minimum atomic E-state index is -4.21. The quantitative estimate of drug-likeness (QED) is 0.144. The van der Waals surface area contributed by atoms with Crippen molar-refractivity contribution in [3.8, 4) is 0 Å². The van der Waals surface area contributed by atoms with Crippen LogP contribution in [0.2, 0.25) is 18.1 Å². The molecule has 1 heterocycles. The maximum Gasteiger partial charge on any atom is 0.492 e. The van der Waals surface area contributed by atoms with Crippen LogP contribution in [0, 0.1) is 0 Å². The highest BCUT2D eigenvalue weighted by molar-refractivity contribution is 6.72. The van der Waals surface area contributed by atoms with Crippen molar-refractivity contribution in [2.75, 3.05) is 58.9 Å². The van der Waals surface area contributed by atoms with E-state index in [0.29, 0.717) is 39.0 Å². The molecule has 206 valence electrons. The number of amides is 2. The first-order valence-corrected chi connectivity index (χ1v) is 17.8. The summed E-state index contributed by atoms with van der Waals surface area (Å²) in [6.45, 7) is 2.19. The topological polar surface area (TPSA) is 236 Å². The summed E-state index contributed by atoms with van der Waals surface area (Å²) in [6.07, 6.45) is 0.852. The van der Waals surface area contributed by atoms with Crippen molar-refractivity contribution < 1.29 is 47.3 Å². The third-order valence-corrected chi connectivity index (χ3v) is 10.7. The van der Waals surface area contributed by atoms with Crippen molar-refractivity contribution >= 4 is 38.2 Å². The molecule has 35 heavy (non-hydrogen) atoms. The van der Waals surface area contributed by atoms with E-state index >= 15 is 0 Å². The summed E-state index contributed by atoms with van der Waals surface area (Å²) < 4.78 is 4.91. The van der Waals surface area contributed by atoms with Crippen LogP contribution in [0.4, 0.5) is 0 Å². The van der Waals surface area contributed by atoms with Gasteiger partial charge >= 0.3 is 26.4 Å². The van der Waals surface area contributed by atoms with Gasteiger partial charge in [-0.05, 0) is 38.9 Å². The highest BCUT2D eigenvalue weighted by atomic mass is 28.5. The number of carbonyl (C=O) groups excluding carboxylic acids is 2. The van der Waals surface area contributed by atoms with Crippen LogP contribution >= 0.6 is 0 Å². The van der Waals surface area contributed by atoms with Crippen molar-refractivity contribution in [2.24, 2.45) is 0 Å². The van der Waals surface area contributed by atoms with Crippen molar-refractivity contribution in [2.45, 2.75) is 37.4 Å². The lowest BCUT2D eigenvalue weighted by atomic mass is 10.3. The lowest BCUT2D eigenvalue weighted by Crippen LogP contribution is -2.53. The summed E-state index contributed by atoms with van der Waals surface area (Å²) in [5, 5.41) is 11.4. The molecule has 0 unspecified atom stereocenters. The zero-order valence-corrected chi connectivity index (χ0v) is 22.9. The molecule has 0 bridgehead atoms. The molecule has 0 aliphatic carbocycles. The summed E-state index contributed by atoms with van der Waals surface area (Å²) in [5.41, 5.74) is 0. The van der Waals surface area contributed by atoms with E-state index in [-0.39, 0.29) is 69.1 Å². The first-order chi connectivity index (χ1) is 16.3. The fourth-order valence-corrected chi connectivity index (χ4v) is 8.17. The molecule has 1 fully saturated rings. The van der Waals surface area contributed by atoms with Crippen LogP contribution in [-0.4, -0.2) is 136 Å². The third-order valence-electron chi connectivity index (χ3n) is 5.01. The van der Waals surface area contributed by atoms with Gasteiger partial charge in [-0.1, -0.05) is 0 Å². The highest BCUT2D eigenvalue weighted by Crippen LogP contribution is 2.15. The first-order valence-electron chi connectivity index (χ1n) is 11.7. The minimum absolute atomic E-state index is 0.0864. The van der Waals surface area contributed by atoms with Gasteiger partial charge in [-0.2, -0.15) is 0 Å². The van der Waals surface area contributed by atoms with Crippen LogP contribution < -0.4 is 21.3 Å². The summed E-state index contributed by atoms with van der Waals surface area (Å²) >= 11 is 0. The standard InChI is InChI=1S/C17H41N5O10Si3/c23-16-14-22(10-3-11-33(25,26)27)15-17(24)21-9-7-19-5-2-13-35(30,31)32-34(28,29)12-1-4-18-6-8-20-16/h18-19,25-31H,1-15H2,(H,20,23)(H,21,24). The fourth-order valence-electron chi connectivity index (χ4n) is 3.35. The van der Waals surface area contributed by atoms with Gasteiger partial charge in [-0.3, -0.25) is 14.5 Å². The molecule has 0 saturated carbocycles. The van der Waals surface area contributed by atoms with Gasteiger partial charge in [0.1, 0.15) is 0 Å². The average molecular weight is 560 g/mol. The second-order valence-electron chi connectivity index (χ2n) is 8.58. The Morgan fingerprint density at radius 3 is 1.66 bits per heavy atom. The van der Waals surface area contributed by atoms with E-state index in [0.717, 1.165) is 0 Å². The average Bonchev–Trinajstić information content (AvgIpc) is 2.69. The number of nitrogens with zero attached hydrogens (tertiary/aromatic N) is 1. The molecule has 0 aromatic carbocycles. The molecular weight excluding hydrogens is 518 g/mol. The van der Waals surface area contributed by atoms with Crippen LogP contribution in [0.15, 0.2) is 0 Å². The SMILES string of the molecule is O=C1CN(CCC[Si](O)(O)O)CC(=O)NCCNCCC[Si](O)(O)O[Si](O)(O)CCCNCCN1. The van der Waals surface area contributed by atoms with E-state index in [1.165, 1.54) is 0 Å². The molecular formula is C17H41N5O10Si3.